The molecule has 0 atom stereocenters. The molecule has 0 saturated carbocycles. The second-order valence-electron chi connectivity index (χ2n) is 15.0. The fraction of sp³-hybridized carbons (Fsp3) is 0. The minimum absolute atomic E-state index is 0.614. The summed E-state index contributed by atoms with van der Waals surface area (Å²) in [5, 5.41) is 11.6. The van der Waals surface area contributed by atoms with Crippen LogP contribution in [0.2, 0.25) is 0 Å². The lowest BCUT2D eigenvalue weighted by Gasteiger charge is -2.12. The van der Waals surface area contributed by atoms with Gasteiger partial charge in [-0.2, -0.15) is 0 Å². The Morgan fingerprint density at radius 2 is 0.831 bits per heavy atom. The van der Waals surface area contributed by atoms with Crippen LogP contribution >= 0.6 is 0 Å². The number of rotatable bonds is 5. The van der Waals surface area contributed by atoms with Crippen LogP contribution in [-0.4, -0.2) is 19.9 Å². The van der Waals surface area contributed by atoms with Crippen LogP contribution in [0.5, 0.6) is 0 Å². The first-order chi connectivity index (χ1) is 29.2. The maximum atomic E-state index is 6.56. The third kappa shape index (κ3) is 5.55. The molecule has 0 saturated heterocycles. The van der Waals surface area contributed by atoms with E-state index in [-0.39, 0.29) is 0 Å². The maximum Gasteiger partial charge on any atom is 0.227 e. The number of hydrogen-bond acceptors (Lipinski definition) is 5. The van der Waals surface area contributed by atoms with Crippen LogP contribution in [0, 0.1) is 0 Å². The summed E-state index contributed by atoms with van der Waals surface area (Å²) in [4.78, 5) is 20.2. The average molecular weight is 753 g/mol. The molecular weight excluding hydrogens is 721 g/mol. The first-order valence-electron chi connectivity index (χ1n) is 19.8. The zero-order chi connectivity index (χ0) is 38.9. The summed E-state index contributed by atoms with van der Waals surface area (Å²) >= 11 is 0. The molecular formula is C54H32N4O. The maximum absolute atomic E-state index is 6.56. The Kier molecular flexibility index (Phi) is 7.47. The molecule has 0 N–H and O–H groups in total. The second kappa shape index (κ2) is 13.3. The van der Waals surface area contributed by atoms with Crippen LogP contribution in [0.4, 0.5) is 0 Å². The van der Waals surface area contributed by atoms with Crippen molar-refractivity contribution in [2.75, 3.05) is 0 Å². The second-order valence-corrected chi connectivity index (χ2v) is 15.0. The van der Waals surface area contributed by atoms with E-state index in [2.05, 4.69) is 127 Å². The SMILES string of the molecule is c1ccc(-c2nc(-c3ccc(-c4cc5ccccc5c5ccccc45)cc3)nc(-c3ccc4c(ccc5ccc6ccc7nc(-c8ccccc8)oc7c6c54)c3)n2)cc1. The van der Waals surface area contributed by atoms with Crippen molar-refractivity contribution in [2.45, 2.75) is 0 Å². The van der Waals surface area contributed by atoms with Gasteiger partial charge in [-0.15, -0.1) is 0 Å². The molecule has 0 fully saturated rings. The summed E-state index contributed by atoms with van der Waals surface area (Å²) in [7, 11) is 0. The monoisotopic (exact) mass is 752 g/mol. The molecule has 0 unspecified atom stereocenters. The topological polar surface area (TPSA) is 64.7 Å². The molecule has 5 heteroatoms. The molecule has 0 radical (unpaired) electrons. The lowest BCUT2D eigenvalue weighted by Crippen LogP contribution is -2.00. The molecule has 12 rings (SSSR count). The molecule has 0 bridgehead atoms. The summed E-state index contributed by atoms with van der Waals surface area (Å²) < 4.78 is 6.56. The van der Waals surface area contributed by atoms with E-state index in [9.17, 15) is 0 Å². The minimum atomic E-state index is 0.614. The van der Waals surface area contributed by atoms with Gasteiger partial charge < -0.3 is 4.42 Å². The number of oxazole rings is 1. The Labute approximate surface area is 338 Å². The highest BCUT2D eigenvalue weighted by atomic mass is 16.3. The normalized spacial score (nSPS) is 11.7. The molecule has 0 amide bonds. The van der Waals surface area contributed by atoms with Gasteiger partial charge in [0.1, 0.15) is 5.52 Å². The van der Waals surface area contributed by atoms with E-state index in [0.29, 0.717) is 23.4 Å². The van der Waals surface area contributed by atoms with Crippen LogP contribution in [0.1, 0.15) is 0 Å². The Morgan fingerprint density at radius 3 is 1.58 bits per heavy atom. The summed E-state index contributed by atoms with van der Waals surface area (Å²) in [6.07, 6.45) is 0. The molecule has 5 nitrogen and oxygen atoms in total. The van der Waals surface area contributed by atoms with E-state index >= 15 is 0 Å². The molecule has 59 heavy (non-hydrogen) atoms. The highest BCUT2D eigenvalue weighted by Gasteiger charge is 2.18. The van der Waals surface area contributed by atoms with E-state index in [4.69, 9.17) is 24.4 Å². The number of hydrogen-bond donors (Lipinski definition) is 0. The predicted octanol–water partition coefficient (Wildman–Crippen LogP) is 14.1. The largest absolute Gasteiger partial charge is 0.435 e. The lowest BCUT2D eigenvalue weighted by molar-refractivity contribution is 0.623. The van der Waals surface area contributed by atoms with E-state index < -0.39 is 0 Å². The smallest absolute Gasteiger partial charge is 0.227 e. The molecule has 274 valence electrons. The molecule has 0 aliphatic rings. The zero-order valence-corrected chi connectivity index (χ0v) is 31.7. The first kappa shape index (κ1) is 33.2. The number of nitrogens with zero attached hydrogens (tertiary/aromatic N) is 4. The summed E-state index contributed by atoms with van der Waals surface area (Å²) in [5.41, 5.74) is 7.68. The van der Waals surface area contributed by atoms with Crippen molar-refractivity contribution in [3.05, 3.63) is 194 Å². The van der Waals surface area contributed by atoms with Crippen molar-refractivity contribution in [3.63, 3.8) is 0 Å². The van der Waals surface area contributed by atoms with E-state index in [1.807, 2.05) is 66.7 Å². The van der Waals surface area contributed by atoms with E-state index in [1.54, 1.807) is 0 Å². The Bertz CT molecular complexity index is 3600. The number of aromatic nitrogens is 4. The van der Waals surface area contributed by atoms with Gasteiger partial charge in [-0.1, -0.05) is 164 Å². The van der Waals surface area contributed by atoms with Crippen molar-refractivity contribution >= 4 is 65.0 Å². The highest BCUT2D eigenvalue weighted by Crippen LogP contribution is 2.40. The summed E-state index contributed by atoms with van der Waals surface area (Å²) in [6, 6.07) is 67.7. The van der Waals surface area contributed by atoms with Crippen LogP contribution in [-0.2, 0) is 0 Å². The van der Waals surface area contributed by atoms with Crippen molar-refractivity contribution in [3.8, 4) is 56.7 Å². The van der Waals surface area contributed by atoms with E-state index in [1.165, 1.54) is 27.1 Å². The van der Waals surface area contributed by atoms with Crippen molar-refractivity contribution in [2.24, 2.45) is 0 Å². The van der Waals surface area contributed by atoms with Crippen molar-refractivity contribution < 1.29 is 4.42 Å². The van der Waals surface area contributed by atoms with Gasteiger partial charge in [0.2, 0.25) is 5.89 Å². The van der Waals surface area contributed by atoms with Crippen LogP contribution in [0.15, 0.2) is 199 Å². The van der Waals surface area contributed by atoms with Gasteiger partial charge in [-0.05, 0) is 84.5 Å². The van der Waals surface area contributed by atoms with Gasteiger partial charge >= 0.3 is 0 Å². The Morgan fingerprint density at radius 1 is 0.305 bits per heavy atom. The van der Waals surface area contributed by atoms with Crippen LogP contribution in [0.3, 0.4) is 0 Å². The standard InChI is InChI=1S/C54H32N4O/c1-3-11-36(12-4-1)51-56-52(37-24-19-33(20-25-37)46-32-39-15-7-8-16-42(39)44-17-9-10-18-45(44)46)58-53(57-51)41-27-29-43-40(31-41)26-23-34-21-22-35-28-30-47-50(49(35)48(34)43)59-54(55-47)38-13-5-2-6-14-38/h1-32H. The number of fused-ring (bicyclic) bond motifs is 10. The van der Waals surface area contributed by atoms with Crippen LogP contribution in [0.25, 0.3) is 122 Å². The molecule has 2 aromatic heterocycles. The summed E-state index contributed by atoms with van der Waals surface area (Å²) in [6.45, 7) is 0. The molecule has 0 aliphatic heterocycles. The average Bonchev–Trinajstić information content (AvgIpc) is 3.76. The minimum Gasteiger partial charge on any atom is -0.435 e. The van der Waals surface area contributed by atoms with Gasteiger partial charge in [0.05, 0.1) is 0 Å². The van der Waals surface area contributed by atoms with Crippen molar-refractivity contribution in [1.82, 2.24) is 19.9 Å². The zero-order valence-electron chi connectivity index (χ0n) is 31.7. The van der Waals surface area contributed by atoms with Gasteiger partial charge in [-0.25, -0.2) is 19.9 Å². The van der Waals surface area contributed by atoms with Crippen LogP contribution < -0.4 is 0 Å². The van der Waals surface area contributed by atoms with Gasteiger partial charge in [0.25, 0.3) is 0 Å². The summed E-state index contributed by atoms with van der Waals surface area (Å²) in [5.74, 6) is 2.48. The van der Waals surface area contributed by atoms with Crippen molar-refractivity contribution in [1.29, 1.82) is 0 Å². The third-order valence-corrected chi connectivity index (χ3v) is 11.5. The molecule has 12 aromatic rings. The van der Waals surface area contributed by atoms with Gasteiger partial charge in [-0.3, -0.25) is 0 Å². The predicted molar refractivity (Wildman–Crippen MR) is 242 cm³/mol. The highest BCUT2D eigenvalue weighted by molar-refractivity contribution is 6.26. The Hall–Kier alpha value is -8.02. The van der Waals surface area contributed by atoms with Gasteiger partial charge in [0, 0.05) is 33.0 Å². The number of benzene rings is 10. The molecule has 0 spiro atoms. The first-order valence-corrected chi connectivity index (χ1v) is 19.8. The fourth-order valence-electron chi connectivity index (χ4n) is 8.63. The quantitative estimate of drug-likeness (QED) is 0.164. The third-order valence-electron chi connectivity index (χ3n) is 11.5. The fourth-order valence-corrected chi connectivity index (χ4v) is 8.63. The molecule has 0 aliphatic carbocycles. The lowest BCUT2D eigenvalue weighted by atomic mass is 9.93. The Balaban J connectivity index is 0.992. The van der Waals surface area contributed by atoms with E-state index in [0.717, 1.165) is 71.2 Å². The molecule has 10 aromatic carbocycles. The molecule has 2 heterocycles. The van der Waals surface area contributed by atoms with Gasteiger partial charge in [0.15, 0.2) is 23.1 Å².